The highest BCUT2D eigenvalue weighted by Crippen LogP contribution is 2.20. The number of methoxy groups -OCH3 is 1. The second-order valence-corrected chi connectivity index (χ2v) is 5.07. The van der Waals surface area contributed by atoms with E-state index in [0.717, 1.165) is 0 Å². The number of carbonyl (C=O) groups excluding carboxylic acids is 2. The van der Waals surface area contributed by atoms with Crippen molar-refractivity contribution in [3.8, 4) is 0 Å². The lowest BCUT2D eigenvalue weighted by Crippen LogP contribution is -2.45. The Kier molecular flexibility index (Phi) is 6.47. The van der Waals surface area contributed by atoms with Crippen LogP contribution in [0.2, 0.25) is 0 Å². The maximum atomic E-state index is 12.0. The summed E-state index contributed by atoms with van der Waals surface area (Å²) >= 11 is 3.25. The maximum Gasteiger partial charge on any atom is 0.251 e. The largest absolute Gasteiger partial charge is 0.398 e. The molecule has 110 valence electrons. The van der Waals surface area contributed by atoms with E-state index in [-0.39, 0.29) is 11.8 Å². The predicted octanol–water partition coefficient (Wildman–Crippen LogP) is 0.912. The summed E-state index contributed by atoms with van der Waals surface area (Å²) in [6.45, 7) is 2.45. The molecular weight excluding hydrogens is 326 g/mol. The van der Waals surface area contributed by atoms with E-state index >= 15 is 0 Å². The van der Waals surface area contributed by atoms with Gasteiger partial charge in [-0.2, -0.15) is 0 Å². The number of amides is 2. The van der Waals surface area contributed by atoms with Crippen LogP contribution >= 0.6 is 15.9 Å². The number of nitrogen functional groups attached to an aromatic ring is 1. The van der Waals surface area contributed by atoms with Crippen molar-refractivity contribution < 1.29 is 14.3 Å². The van der Waals surface area contributed by atoms with Crippen LogP contribution in [0.15, 0.2) is 22.7 Å². The summed E-state index contributed by atoms with van der Waals surface area (Å²) in [6.07, 6.45) is 0. The molecule has 0 aliphatic heterocycles. The molecule has 1 aromatic rings. The minimum absolute atomic E-state index is 0.259. The van der Waals surface area contributed by atoms with Crippen molar-refractivity contribution in [1.82, 2.24) is 10.6 Å². The number of nitrogens with two attached hydrogens (primary N) is 1. The molecule has 0 saturated heterocycles. The lowest BCUT2D eigenvalue weighted by Gasteiger charge is -2.14. The molecular formula is C13H18BrN3O3. The van der Waals surface area contributed by atoms with Gasteiger partial charge in [0.05, 0.1) is 6.61 Å². The molecule has 0 radical (unpaired) electrons. The van der Waals surface area contributed by atoms with Crippen LogP contribution in [0.5, 0.6) is 0 Å². The van der Waals surface area contributed by atoms with Gasteiger partial charge in [-0.15, -0.1) is 0 Å². The Labute approximate surface area is 126 Å². The quantitative estimate of drug-likeness (QED) is 0.528. The van der Waals surface area contributed by atoms with Gasteiger partial charge in [-0.3, -0.25) is 9.59 Å². The number of ether oxygens (including phenoxy) is 1. The number of hydrogen-bond donors (Lipinski definition) is 3. The minimum Gasteiger partial charge on any atom is -0.398 e. The Hall–Kier alpha value is -1.60. The first-order valence-corrected chi connectivity index (χ1v) is 6.87. The molecule has 1 unspecified atom stereocenters. The maximum absolute atomic E-state index is 12.0. The highest BCUT2D eigenvalue weighted by molar-refractivity contribution is 9.10. The molecule has 20 heavy (non-hydrogen) atoms. The van der Waals surface area contributed by atoms with E-state index in [1.165, 1.54) is 0 Å². The van der Waals surface area contributed by atoms with Crippen LogP contribution in [-0.4, -0.2) is 38.1 Å². The first kappa shape index (κ1) is 16.5. The summed E-state index contributed by atoms with van der Waals surface area (Å²) in [5.74, 6) is -0.593. The van der Waals surface area contributed by atoms with E-state index in [1.807, 2.05) is 0 Å². The van der Waals surface area contributed by atoms with Gasteiger partial charge < -0.3 is 21.1 Å². The van der Waals surface area contributed by atoms with Crippen molar-refractivity contribution in [2.45, 2.75) is 13.0 Å². The van der Waals surface area contributed by atoms with Crippen LogP contribution in [0.25, 0.3) is 0 Å². The Morgan fingerprint density at radius 2 is 2.15 bits per heavy atom. The smallest absolute Gasteiger partial charge is 0.251 e. The van der Waals surface area contributed by atoms with Gasteiger partial charge in [0, 0.05) is 29.4 Å². The van der Waals surface area contributed by atoms with Gasteiger partial charge in [-0.25, -0.2) is 0 Å². The molecule has 1 atom stereocenters. The van der Waals surface area contributed by atoms with Gasteiger partial charge >= 0.3 is 0 Å². The van der Waals surface area contributed by atoms with Gasteiger partial charge in [0.25, 0.3) is 5.91 Å². The minimum atomic E-state index is -0.629. The third kappa shape index (κ3) is 4.82. The van der Waals surface area contributed by atoms with Gasteiger partial charge in [-0.05, 0) is 41.1 Å². The standard InChI is InChI=1S/C13H18BrN3O3/c1-8(12(18)16-5-6-20-2)17-13(19)9-3-4-11(15)10(14)7-9/h3-4,7-8H,5-6,15H2,1-2H3,(H,16,18)(H,17,19). The fourth-order valence-corrected chi connectivity index (χ4v) is 1.82. The molecule has 0 aromatic heterocycles. The summed E-state index contributed by atoms with van der Waals surface area (Å²) in [6, 6.07) is 4.21. The molecule has 0 aliphatic rings. The second kappa shape index (κ2) is 7.86. The molecule has 0 spiro atoms. The lowest BCUT2D eigenvalue weighted by atomic mass is 10.2. The van der Waals surface area contributed by atoms with Crippen molar-refractivity contribution in [1.29, 1.82) is 0 Å². The molecule has 0 heterocycles. The molecule has 0 aliphatic carbocycles. The average Bonchev–Trinajstić information content (AvgIpc) is 2.41. The number of nitrogens with one attached hydrogen (secondary N) is 2. The van der Waals surface area contributed by atoms with Gasteiger partial charge in [0.2, 0.25) is 5.91 Å². The summed E-state index contributed by atoms with van der Waals surface area (Å²) < 4.78 is 5.47. The first-order chi connectivity index (χ1) is 9.45. The van der Waals surface area contributed by atoms with Gasteiger partial charge in [0.1, 0.15) is 6.04 Å². The molecule has 7 heteroatoms. The van der Waals surface area contributed by atoms with Crippen LogP contribution in [-0.2, 0) is 9.53 Å². The molecule has 0 saturated carbocycles. The Bertz CT molecular complexity index is 494. The van der Waals surface area contributed by atoms with Crippen molar-refractivity contribution in [2.24, 2.45) is 0 Å². The third-order valence-corrected chi connectivity index (χ3v) is 3.30. The third-order valence-electron chi connectivity index (χ3n) is 2.61. The lowest BCUT2D eigenvalue weighted by molar-refractivity contribution is -0.122. The van der Waals surface area contributed by atoms with Crippen LogP contribution in [0.4, 0.5) is 5.69 Å². The zero-order valence-corrected chi connectivity index (χ0v) is 13.0. The number of benzene rings is 1. The SMILES string of the molecule is COCCNC(=O)C(C)NC(=O)c1ccc(N)c(Br)c1. The fourth-order valence-electron chi connectivity index (χ4n) is 1.44. The predicted molar refractivity (Wildman–Crippen MR) is 80.4 cm³/mol. The molecule has 0 bridgehead atoms. The number of rotatable bonds is 6. The van der Waals surface area contributed by atoms with E-state index in [0.29, 0.717) is 28.9 Å². The molecule has 6 nitrogen and oxygen atoms in total. The monoisotopic (exact) mass is 343 g/mol. The highest BCUT2D eigenvalue weighted by atomic mass is 79.9. The van der Waals surface area contributed by atoms with E-state index in [1.54, 1.807) is 32.2 Å². The van der Waals surface area contributed by atoms with Crippen LogP contribution in [0.1, 0.15) is 17.3 Å². The van der Waals surface area contributed by atoms with E-state index in [9.17, 15) is 9.59 Å². The van der Waals surface area contributed by atoms with E-state index in [4.69, 9.17) is 10.5 Å². The molecule has 1 aromatic carbocycles. The van der Waals surface area contributed by atoms with Gasteiger partial charge in [0.15, 0.2) is 0 Å². The van der Waals surface area contributed by atoms with Crippen molar-refractivity contribution >= 4 is 33.4 Å². The van der Waals surface area contributed by atoms with Crippen molar-refractivity contribution in [3.05, 3.63) is 28.2 Å². The molecule has 4 N–H and O–H groups in total. The zero-order chi connectivity index (χ0) is 15.1. The summed E-state index contributed by atoms with van der Waals surface area (Å²) in [5.41, 5.74) is 6.63. The Balaban J connectivity index is 2.56. The topological polar surface area (TPSA) is 93.5 Å². The Morgan fingerprint density at radius 3 is 2.75 bits per heavy atom. The second-order valence-electron chi connectivity index (χ2n) is 4.22. The average molecular weight is 344 g/mol. The molecule has 0 fully saturated rings. The van der Waals surface area contributed by atoms with Gasteiger partial charge in [-0.1, -0.05) is 0 Å². The van der Waals surface area contributed by atoms with Crippen LogP contribution in [0, 0.1) is 0 Å². The number of anilines is 1. The fraction of sp³-hybridized carbons (Fsp3) is 0.385. The van der Waals surface area contributed by atoms with Crippen molar-refractivity contribution in [3.63, 3.8) is 0 Å². The van der Waals surface area contributed by atoms with Crippen LogP contribution in [0.3, 0.4) is 0 Å². The number of halogens is 1. The summed E-state index contributed by atoms with van der Waals surface area (Å²) in [4.78, 5) is 23.7. The molecule has 1 rings (SSSR count). The Morgan fingerprint density at radius 1 is 1.45 bits per heavy atom. The summed E-state index contributed by atoms with van der Waals surface area (Å²) in [5, 5.41) is 5.27. The zero-order valence-electron chi connectivity index (χ0n) is 11.4. The van der Waals surface area contributed by atoms with Crippen molar-refractivity contribution in [2.75, 3.05) is 26.0 Å². The van der Waals surface area contributed by atoms with E-state index in [2.05, 4.69) is 26.6 Å². The van der Waals surface area contributed by atoms with Crippen LogP contribution < -0.4 is 16.4 Å². The number of carbonyl (C=O) groups is 2. The number of hydrogen-bond acceptors (Lipinski definition) is 4. The molecule has 2 amide bonds. The first-order valence-electron chi connectivity index (χ1n) is 6.08. The highest BCUT2D eigenvalue weighted by Gasteiger charge is 2.16. The summed E-state index contributed by atoms with van der Waals surface area (Å²) in [7, 11) is 1.55. The normalized spacial score (nSPS) is 11.8. The van der Waals surface area contributed by atoms with E-state index < -0.39 is 6.04 Å².